The smallest absolute Gasteiger partial charge is 0.269 e. The lowest BCUT2D eigenvalue weighted by atomic mass is 10.1. The van der Waals surface area contributed by atoms with Crippen molar-refractivity contribution in [2.45, 2.75) is 12.4 Å². The Hall–Kier alpha value is -1.81. The summed E-state index contributed by atoms with van der Waals surface area (Å²) in [6.07, 6.45) is 1.55. The molecule has 88 valence electrons. The van der Waals surface area contributed by atoms with E-state index in [9.17, 15) is 4.79 Å². The summed E-state index contributed by atoms with van der Waals surface area (Å²) in [5, 5.41) is 9.13. The molecule has 2 rings (SSSR count). The maximum absolute atomic E-state index is 11.6. The lowest BCUT2D eigenvalue weighted by Gasteiger charge is -2.04. The van der Waals surface area contributed by atoms with E-state index in [0.29, 0.717) is 18.1 Å². The number of hydrogen-bond acceptors (Lipinski definition) is 2. The molecule has 4 nitrogen and oxygen atoms in total. The van der Waals surface area contributed by atoms with Crippen molar-refractivity contribution in [1.82, 2.24) is 15.5 Å². The van der Waals surface area contributed by atoms with E-state index in [1.165, 1.54) is 0 Å². The van der Waals surface area contributed by atoms with Crippen LogP contribution in [0.15, 0.2) is 36.5 Å². The normalized spacial score (nSPS) is 10.2. The Labute approximate surface area is 104 Å². The second kappa shape index (κ2) is 5.50. The molecule has 0 spiro atoms. The van der Waals surface area contributed by atoms with Gasteiger partial charge in [0, 0.05) is 18.6 Å². The molecule has 2 N–H and O–H groups in total. The SMILES string of the molecule is O=C(NCc1ccc(CCl)cc1)c1ccn[nH]1. The number of carbonyl (C=O) groups excluding carboxylic acids is 1. The molecule has 1 aromatic carbocycles. The fourth-order valence-corrected chi connectivity index (χ4v) is 1.58. The van der Waals surface area contributed by atoms with Crippen LogP contribution in [0.25, 0.3) is 0 Å². The lowest BCUT2D eigenvalue weighted by molar-refractivity contribution is 0.0946. The molecule has 0 fully saturated rings. The van der Waals surface area contributed by atoms with Gasteiger partial charge in [0.1, 0.15) is 5.69 Å². The summed E-state index contributed by atoms with van der Waals surface area (Å²) < 4.78 is 0. The van der Waals surface area contributed by atoms with Crippen molar-refractivity contribution in [2.24, 2.45) is 0 Å². The third-order valence-corrected chi connectivity index (χ3v) is 2.68. The number of H-pyrrole nitrogens is 1. The minimum Gasteiger partial charge on any atom is -0.347 e. The first-order valence-electron chi connectivity index (χ1n) is 5.21. The van der Waals surface area contributed by atoms with Crippen molar-refractivity contribution < 1.29 is 4.79 Å². The van der Waals surface area contributed by atoms with Crippen molar-refractivity contribution in [2.75, 3.05) is 0 Å². The molecule has 0 aliphatic rings. The van der Waals surface area contributed by atoms with E-state index in [-0.39, 0.29) is 5.91 Å². The zero-order valence-electron chi connectivity index (χ0n) is 9.11. The number of amides is 1. The molecular formula is C12H12ClN3O. The second-order valence-electron chi connectivity index (χ2n) is 3.60. The van der Waals surface area contributed by atoms with E-state index in [4.69, 9.17) is 11.6 Å². The number of nitrogens with zero attached hydrogens (tertiary/aromatic N) is 1. The Balaban J connectivity index is 1.91. The van der Waals surface area contributed by atoms with E-state index in [2.05, 4.69) is 15.5 Å². The third-order valence-electron chi connectivity index (χ3n) is 2.38. The van der Waals surface area contributed by atoms with Crippen LogP contribution in [-0.2, 0) is 12.4 Å². The fourth-order valence-electron chi connectivity index (χ4n) is 1.41. The predicted octanol–water partition coefficient (Wildman–Crippen LogP) is 2.08. The molecule has 0 atom stereocenters. The van der Waals surface area contributed by atoms with Crippen molar-refractivity contribution in [1.29, 1.82) is 0 Å². The Morgan fingerprint density at radius 3 is 2.53 bits per heavy atom. The number of hydrogen-bond donors (Lipinski definition) is 2. The first-order chi connectivity index (χ1) is 8.29. The van der Waals surface area contributed by atoms with Gasteiger partial charge in [-0.15, -0.1) is 11.6 Å². The summed E-state index contributed by atoms with van der Waals surface area (Å²) in [4.78, 5) is 11.6. The summed E-state index contributed by atoms with van der Waals surface area (Å²) in [6.45, 7) is 0.487. The standard InChI is InChI=1S/C12H12ClN3O/c13-7-9-1-3-10(4-2-9)8-14-12(17)11-5-6-15-16-11/h1-6H,7-8H2,(H,14,17)(H,15,16). The van der Waals surface area contributed by atoms with Crippen LogP contribution in [0.3, 0.4) is 0 Å². The summed E-state index contributed by atoms with van der Waals surface area (Å²) in [7, 11) is 0. The minimum atomic E-state index is -0.163. The minimum absolute atomic E-state index is 0.163. The molecule has 0 aliphatic heterocycles. The first-order valence-corrected chi connectivity index (χ1v) is 5.74. The van der Waals surface area contributed by atoms with Gasteiger partial charge in [-0.2, -0.15) is 5.10 Å². The number of alkyl halides is 1. The van der Waals surface area contributed by atoms with Gasteiger partial charge in [-0.05, 0) is 17.2 Å². The van der Waals surface area contributed by atoms with Crippen molar-refractivity contribution in [3.05, 3.63) is 53.3 Å². The molecular weight excluding hydrogens is 238 g/mol. The van der Waals surface area contributed by atoms with Gasteiger partial charge in [0.05, 0.1) is 0 Å². The molecule has 0 radical (unpaired) electrons. The molecule has 0 bridgehead atoms. The van der Waals surface area contributed by atoms with Crippen molar-refractivity contribution in [3.8, 4) is 0 Å². The molecule has 17 heavy (non-hydrogen) atoms. The lowest BCUT2D eigenvalue weighted by Crippen LogP contribution is -2.23. The summed E-state index contributed by atoms with van der Waals surface area (Å²) >= 11 is 5.69. The molecule has 0 saturated carbocycles. The Kier molecular flexibility index (Phi) is 3.77. The maximum Gasteiger partial charge on any atom is 0.269 e. The number of benzene rings is 1. The molecule has 0 aliphatic carbocycles. The number of rotatable bonds is 4. The predicted molar refractivity (Wildman–Crippen MR) is 65.8 cm³/mol. The third kappa shape index (κ3) is 3.07. The van der Waals surface area contributed by atoms with E-state index >= 15 is 0 Å². The quantitative estimate of drug-likeness (QED) is 0.815. The Bertz CT molecular complexity index is 479. The van der Waals surface area contributed by atoms with Crippen LogP contribution in [0, 0.1) is 0 Å². The average Bonchev–Trinajstić information content (AvgIpc) is 2.90. The van der Waals surface area contributed by atoms with Crippen LogP contribution in [0.5, 0.6) is 0 Å². The molecule has 1 heterocycles. The number of carbonyl (C=O) groups is 1. The van der Waals surface area contributed by atoms with Crippen molar-refractivity contribution >= 4 is 17.5 Å². The van der Waals surface area contributed by atoms with Crippen LogP contribution < -0.4 is 5.32 Å². The molecule has 1 aromatic heterocycles. The van der Waals surface area contributed by atoms with E-state index in [1.54, 1.807) is 12.3 Å². The van der Waals surface area contributed by atoms with Gasteiger partial charge >= 0.3 is 0 Å². The van der Waals surface area contributed by atoms with Crippen LogP contribution in [0.2, 0.25) is 0 Å². The van der Waals surface area contributed by atoms with Gasteiger partial charge in [0.15, 0.2) is 0 Å². The van der Waals surface area contributed by atoms with Gasteiger partial charge in [-0.25, -0.2) is 0 Å². The van der Waals surface area contributed by atoms with Gasteiger partial charge in [0.2, 0.25) is 0 Å². The maximum atomic E-state index is 11.6. The zero-order chi connectivity index (χ0) is 12.1. The van der Waals surface area contributed by atoms with E-state index < -0.39 is 0 Å². The van der Waals surface area contributed by atoms with E-state index in [1.807, 2.05) is 24.3 Å². The van der Waals surface area contributed by atoms with E-state index in [0.717, 1.165) is 11.1 Å². The number of halogens is 1. The monoisotopic (exact) mass is 249 g/mol. The van der Waals surface area contributed by atoms with Gasteiger partial charge in [-0.1, -0.05) is 24.3 Å². The highest BCUT2D eigenvalue weighted by Gasteiger charge is 2.05. The van der Waals surface area contributed by atoms with Gasteiger partial charge in [0.25, 0.3) is 5.91 Å². The topological polar surface area (TPSA) is 57.8 Å². The largest absolute Gasteiger partial charge is 0.347 e. The van der Waals surface area contributed by atoms with Crippen LogP contribution in [-0.4, -0.2) is 16.1 Å². The molecule has 0 saturated heterocycles. The molecule has 5 heteroatoms. The molecule has 1 amide bonds. The van der Waals surface area contributed by atoms with Gasteiger partial charge in [-0.3, -0.25) is 9.89 Å². The number of nitrogens with one attached hydrogen (secondary N) is 2. The number of aromatic amines is 1. The van der Waals surface area contributed by atoms with Gasteiger partial charge < -0.3 is 5.32 Å². The Morgan fingerprint density at radius 1 is 1.24 bits per heavy atom. The van der Waals surface area contributed by atoms with Crippen molar-refractivity contribution in [3.63, 3.8) is 0 Å². The first kappa shape index (κ1) is 11.7. The van der Waals surface area contributed by atoms with Crippen LogP contribution in [0.1, 0.15) is 21.6 Å². The summed E-state index contributed by atoms with van der Waals surface area (Å²) in [6, 6.07) is 9.43. The molecule has 0 unspecified atom stereocenters. The summed E-state index contributed by atoms with van der Waals surface area (Å²) in [5.74, 6) is 0.338. The average molecular weight is 250 g/mol. The van der Waals surface area contributed by atoms with Crippen LogP contribution in [0.4, 0.5) is 0 Å². The zero-order valence-corrected chi connectivity index (χ0v) is 9.87. The fraction of sp³-hybridized carbons (Fsp3) is 0.167. The second-order valence-corrected chi connectivity index (χ2v) is 3.87. The highest BCUT2D eigenvalue weighted by Crippen LogP contribution is 2.06. The summed E-state index contributed by atoms with van der Waals surface area (Å²) in [5.41, 5.74) is 2.56. The highest BCUT2D eigenvalue weighted by molar-refractivity contribution is 6.17. The molecule has 2 aromatic rings. The Morgan fingerprint density at radius 2 is 1.94 bits per heavy atom. The highest BCUT2D eigenvalue weighted by atomic mass is 35.5. The van der Waals surface area contributed by atoms with Crippen LogP contribution >= 0.6 is 11.6 Å². The number of aromatic nitrogens is 2.